The van der Waals surface area contributed by atoms with Crippen molar-refractivity contribution < 1.29 is 29.2 Å². The summed E-state index contributed by atoms with van der Waals surface area (Å²) in [6.45, 7) is 7.10. The summed E-state index contributed by atoms with van der Waals surface area (Å²) in [5, 5.41) is 10.3. The molecule has 4 amide bonds. The number of amides is 4. The van der Waals surface area contributed by atoms with Gasteiger partial charge in [-0.15, -0.1) is 0 Å². The second kappa shape index (κ2) is 6.92. The van der Waals surface area contributed by atoms with Crippen molar-refractivity contribution in [2.45, 2.75) is 51.3 Å². The standard InChI is InChI=1S/C16H26N4O6/c1-16(2,3)26-15(23)18-6-10(7-18)9-25-17-13(21)12-5-4-11-8-19(12)14(22)20(11)24/h10-12,24H,4-9H2,1-3H3,(H,17,21)/t11-,12?/m1/s1. The lowest BCUT2D eigenvalue weighted by Gasteiger charge is -2.39. The molecule has 0 aliphatic carbocycles. The van der Waals surface area contributed by atoms with Gasteiger partial charge in [0.05, 0.1) is 12.6 Å². The lowest BCUT2D eigenvalue weighted by atomic mass is 10.0. The summed E-state index contributed by atoms with van der Waals surface area (Å²) < 4.78 is 5.27. The number of urea groups is 1. The Labute approximate surface area is 151 Å². The minimum absolute atomic E-state index is 0.125. The van der Waals surface area contributed by atoms with Crippen LogP contribution in [0, 0.1) is 5.92 Å². The number of carbonyl (C=O) groups excluding carboxylic acids is 3. The van der Waals surface area contributed by atoms with Gasteiger partial charge in [-0.05, 0) is 33.6 Å². The minimum Gasteiger partial charge on any atom is -0.444 e. The Balaban J connectivity index is 1.36. The van der Waals surface area contributed by atoms with Crippen LogP contribution in [0.15, 0.2) is 0 Å². The number of ether oxygens (including phenoxy) is 1. The fourth-order valence-electron chi connectivity index (χ4n) is 3.37. The molecule has 0 aromatic rings. The smallest absolute Gasteiger partial charge is 0.410 e. The molecule has 0 radical (unpaired) electrons. The quantitative estimate of drug-likeness (QED) is 0.552. The van der Waals surface area contributed by atoms with Gasteiger partial charge in [-0.2, -0.15) is 0 Å². The van der Waals surface area contributed by atoms with Crippen molar-refractivity contribution in [1.82, 2.24) is 20.3 Å². The van der Waals surface area contributed by atoms with E-state index in [1.807, 2.05) is 20.8 Å². The topological polar surface area (TPSA) is 112 Å². The highest BCUT2D eigenvalue weighted by Gasteiger charge is 2.47. The van der Waals surface area contributed by atoms with Crippen LogP contribution in [-0.2, 0) is 14.4 Å². The highest BCUT2D eigenvalue weighted by molar-refractivity contribution is 5.87. The Kier molecular flexibility index (Phi) is 4.98. The normalized spacial score (nSPS) is 26.0. The van der Waals surface area contributed by atoms with Crippen molar-refractivity contribution in [3.8, 4) is 0 Å². The Hall–Kier alpha value is -2.07. The molecule has 3 fully saturated rings. The first-order valence-electron chi connectivity index (χ1n) is 8.84. The van der Waals surface area contributed by atoms with Crippen LogP contribution in [0.3, 0.4) is 0 Å². The van der Waals surface area contributed by atoms with E-state index in [0.29, 0.717) is 37.5 Å². The van der Waals surface area contributed by atoms with E-state index in [-0.39, 0.29) is 24.7 Å². The Morgan fingerprint density at radius 3 is 2.58 bits per heavy atom. The number of carbonyl (C=O) groups is 3. The van der Waals surface area contributed by atoms with E-state index < -0.39 is 23.6 Å². The van der Waals surface area contributed by atoms with Gasteiger partial charge in [0.15, 0.2) is 0 Å². The van der Waals surface area contributed by atoms with Crippen LogP contribution in [0.25, 0.3) is 0 Å². The highest BCUT2D eigenvalue weighted by atomic mass is 16.7. The van der Waals surface area contributed by atoms with Crippen LogP contribution in [0.4, 0.5) is 9.59 Å². The molecule has 2 N–H and O–H groups in total. The molecule has 10 heteroatoms. The Morgan fingerprint density at radius 1 is 1.23 bits per heavy atom. The maximum atomic E-state index is 12.2. The van der Waals surface area contributed by atoms with E-state index in [9.17, 15) is 19.6 Å². The van der Waals surface area contributed by atoms with Crippen molar-refractivity contribution in [3.63, 3.8) is 0 Å². The SMILES string of the molecule is CC(C)(C)OC(=O)N1CC(CONC(=O)C2CC[C@@H]3CN2C(=O)N3O)C1. The van der Waals surface area contributed by atoms with E-state index in [0.717, 1.165) is 0 Å². The summed E-state index contributed by atoms with van der Waals surface area (Å²) >= 11 is 0. The molecular weight excluding hydrogens is 344 g/mol. The number of hydrogen-bond acceptors (Lipinski definition) is 6. The van der Waals surface area contributed by atoms with E-state index in [1.54, 1.807) is 4.90 Å². The number of fused-ring (bicyclic) bond motifs is 2. The molecule has 0 aromatic carbocycles. The summed E-state index contributed by atoms with van der Waals surface area (Å²) in [4.78, 5) is 44.2. The summed E-state index contributed by atoms with van der Waals surface area (Å²) in [6.07, 6.45) is 0.707. The van der Waals surface area contributed by atoms with Crippen molar-refractivity contribution >= 4 is 18.0 Å². The second-order valence-corrected chi connectivity index (χ2v) is 8.06. The number of rotatable bonds is 4. The van der Waals surface area contributed by atoms with Gasteiger partial charge in [-0.25, -0.2) is 20.1 Å². The van der Waals surface area contributed by atoms with Crippen LogP contribution < -0.4 is 5.48 Å². The van der Waals surface area contributed by atoms with Crippen LogP contribution in [0.2, 0.25) is 0 Å². The summed E-state index contributed by atoms with van der Waals surface area (Å²) in [5.74, 6) is -0.268. The number of nitrogens with zero attached hydrogens (tertiary/aromatic N) is 3. The molecule has 0 aromatic heterocycles. The Morgan fingerprint density at radius 2 is 1.92 bits per heavy atom. The van der Waals surface area contributed by atoms with Gasteiger partial charge in [0, 0.05) is 25.6 Å². The van der Waals surface area contributed by atoms with Gasteiger partial charge in [0.2, 0.25) is 0 Å². The average molecular weight is 370 g/mol. The fraction of sp³-hybridized carbons (Fsp3) is 0.812. The zero-order chi connectivity index (χ0) is 19.1. The maximum absolute atomic E-state index is 12.2. The molecule has 3 aliphatic heterocycles. The van der Waals surface area contributed by atoms with Crippen molar-refractivity contribution in [2.75, 3.05) is 26.2 Å². The van der Waals surface area contributed by atoms with Crippen molar-refractivity contribution in [2.24, 2.45) is 5.92 Å². The van der Waals surface area contributed by atoms with Crippen LogP contribution in [0.1, 0.15) is 33.6 Å². The van der Waals surface area contributed by atoms with Crippen LogP contribution >= 0.6 is 0 Å². The molecule has 26 heavy (non-hydrogen) atoms. The van der Waals surface area contributed by atoms with Gasteiger partial charge in [-0.3, -0.25) is 14.8 Å². The van der Waals surface area contributed by atoms with Crippen LogP contribution in [-0.4, -0.2) is 82.0 Å². The second-order valence-electron chi connectivity index (χ2n) is 8.06. The predicted molar refractivity (Wildman–Crippen MR) is 87.9 cm³/mol. The van der Waals surface area contributed by atoms with E-state index >= 15 is 0 Å². The van der Waals surface area contributed by atoms with E-state index in [2.05, 4.69) is 5.48 Å². The molecule has 0 saturated carbocycles. The third-order valence-electron chi connectivity index (χ3n) is 4.75. The van der Waals surface area contributed by atoms with Gasteiger partial charge in [-0.1, -0.05) is 0 Å². The zero-order valence-corrected chi connectivity index (χ0v) is 15.3. The van der Waals surface area contributed by atoms with Crippen molar-refractivity contribution in [3.05, 3.63) is 0 Å². The predicted octanol–water partition coefficient (Wildman–Crippen LogP) is 0.559. The largest absolute Gasteiger partial charge is 0.444 e. The number of piperidine rings is 1. The molecule has 3 aliphatic rings. The van der Waals surface area contributed by atoms with Crippen molar-refractivity contribution in [1.29, 1.82) is 0 Å². The maximum Gasteiger partial charge on any atom is 0.410 e. The fourth-order valence-corrected chi connectivity index (χ4v) is 3.37. The zero-order valence-electron chi connectivity index (χ0n) is 15.3. The first-order chi connectivity index (χ1) is 12.2. The monoisotopic (exact) mass is 370 g/mol. The summed E-state index contributed by atoms with van der Waals surface area (Å²) in [6, 6.07) is -1.41. The number of nitrogens with one attached hydrogen (secondary N) is 1. The molecule has 10 nitrogen and oxygen atoms in total. The molecule has 3 rings (SSSR count). The molecule has 3 heterocycles. The third-order valence-corrected chi connectivity index (χ3v) is 4.75. The molecule has 0 spiro atoms. The Bertz CT molecular complexity index is 586. The van der Waals surface area contributed by atoms with Crippen LogP contribution in [0.5, 0.6) is 0 Å². The summed E-state index contributed by atoms with van der Waals surface area (Å²) in [5.41, 5.74) is 1.86. The average Bonchev–Trinajstić information content (AvgIpc) is 2.72. The molecule has 2 atom stereocenters. The molecular formula is C16H26N4O6. The molecule has 2 bridgehead atoms. The first-order valence-corrected chi connectivity index (χ1v) is 8.84. The molecule has 1 unspecified atom stereocenters. The highest BCUT2D eigenvalue weighted by Crippen LogP contribution is 2.28. The lowest BCUT2D eigenvalue weighted by Crippen LogP contribution is -2.54. The van der Waals surface area contributed by atoms with E-state index in [4.69, 9.17) is 9.57 Å². The lowest BCUT2D eigenvalue weighted by molar-refractivity contribution is -0.141. The minimum atomic E-state index is -0.629. The van der Waals surface area contributed by atoms with Gasteiger partial charge >= 0.3 is 12.1 Å². The summed E-state index contributed by atoms with van der Waals surface area (Å²) in [7, 11) is 0. The molecule has 146 valence electrons. The number of hydroxylamine groups is 3. The number of likely N-dealkylation sites (tertiary alicyclic amines) is 1. The molecule has 3 saturated heterocycles. The van der Waals surface area contributed by atoms with Gasteiger partial charge in [0.1, 0.15) is 11.6 Å². The third kappa shape index (κ3) is 3.85. The first kappa shape index (κ1) is 18.7. The van der Waals surface area contributed by atoms with E-state index in [1.165, 1.54) is 4.90 Å². The van der Waals surface area contributed by atoms with Gasteiger partial charge < -0.3 is 14.5 Å². The van der Waals surface area contributed by atoms with Gasteiger partial charge in [0.25, 0.3) is 5.91 Å². The number of hydrogen-bond donors (Lipinski definition) is 2.